The number of hydrogen-bond acceptors (Lipinski definition) is 3. The number of carbonyl (C=O) groups is 2. The third-order valence-corrected chi connectivity index (χ3v) is 6.95. The summed E-state index contributed by atoms with van der Waals surface area (Å²) in [4.78, 5) is 29.2. The van der Waals surface area contributed by atoms with E-state index >= 15 is 0 Å². The Bertz CT molecular complexity index is 996. The summed E-state index contributed by atoms with van der Waals surface area (Å²) in [5.41, 5.74) is 2.11. The second kappa shape index (κ2) is 8.38. The van der Waals surface area contributed by atoms with E-state index in [0.29, 0.717) is 12.2 Å². The first kappa shape index (κ1) is 22.6. The first-order chi connectivity index (χ1) is 15.1. The van der Waals surface area contributed by atoms with Crippen molar-refractivity contribution in [2.75, 3.05) is 4.90 Å². The molecule has 1 aliphatic carbocycles. The van der Waals surface area contributed by atoms with Gasteiger partial charge in [-0.25, -0.2) is 0 Å². The smallest absolute Gasteiger partial charge is 0.277 e. The molecule has 2 aliphatic rings. The minimum atomic E-state index is -1.06. The molecule has 2 aromatic rings. The lowest BCUT2D eigenvalue weighted by Gasteiger charge is -2.44. The van der Waals surface area contributed by atoms with E-state index in [-0.39, 0.29) is 23.3 Å². The third kappa shape index (κ3) is 4.07. The molecule has 2 heterocycles. The van der Waals surface area contributed by atoms with Crippen LogP contribution in [-0.2, 0) is 23.2 Å². The van der Waals surface area contributed by atoms with Gasteiger partial charge in [-0.3, -0.25) is 19.2 Å². The molecule has 0 radical (unpaired) electrons. The fourth-order valence-electron chi connectivity index (χ4n) is 4.82. The predicted octanol–water partition coefficient (Wildman–Crippen LogP) is 4.61. The zero-order chi connectivity index (χ0) is 23.1. The number of carbonyl (C=O) groups excluding carboxylic acids is 2. The summed E-state index contributed by atoms with van der Waals surface area (Å²) < 4.78 is 1.74. The molecule has 1 aromatic carbocycles. The zero-order valence-corrected chi connectivity index (χ0v) is 20.1. The zero-order valence-electron chi connectivity index (χ0n) is 20.1. The third-order valence-electron chi connectivity index (χ3n) is 6.95. The highest BCUT2D eigenvalue weighted by Crippen LogP contribution is 2.35. The standard InChI is InChI=1S/C26H36N4O2/c1-6-18-12-14-20(15-13-18)30-23(31)21-16-22(25(2,3)4)28-29(21)17-26(30,5)24(32)27-19-10-8-7-9-11-19/h12-16,19H,6-11,17H2,1-5H3,(H,27,32). The first-order valence-corrected chi connectivity index (χ1v) is 12.0. The number of aryl methyl sites for hydroxylation is 1. The monoisotopic (exact) mass is 436 g/mol. The fourth-order valence-corrected chi connectivity index (χ4v) is 4.82. The van der Waals surface area contributed by atoms with Gasteiger partial charge in [0.1, 0.15) is 11.2 Å². The molecule has 2 amide bonds. The van der Waals surface area contributed by atoms with Gasteiger partial charge in [0.25, 0.3) is 5.91 Å². The SMILES string of the molecule is CCc1ccc(N2C(=O)c3cc(C(C)(C)C)nn3CC2(C)C(=O)NC2CCCCC2)cc1. The van der Waals surface area contributed by atoms with Crippen molar-refractivity contribution in [3.8, 4) is 0 Å². The van der Waals surface area contributed by atoms with Gasteiger partial charge in [0.05, 0.1) is 12.2 Å². The Balaban J connectivity index is 1.75. The topological polar surface area (TPSA) is 67.2 Å². The molecule has 1 aromatic heterocycles. The minimum absolute atomic E-state index is 0.101. The number of nitrogens with one attached hydrogen (secondary N) is 1. The average molecular weight is 437 g/mol. The van der Waals surface area contributed by atoms with Crippen molar-refractivity contribution in [2.45, 2.75) is 96.7 Å². The van der Waals surface area contributed by atoms with Gasteiger partial charge in [0.15, 0.2) is 0 Å². The van der Waals surface area contributed by atoms with Gasteiger partial charge in [0, 0.05) is 17.1 Å². The molecule has 1 unspecified atom stereocenters. The molecule has 1 atom stereocenters. The van der Waals surface area contributed by atoms with Crippen molar-refractivity contribution in [2.24, 2.45) is 0 Å². The predicted molar refractivity (Wildman–Crippen MR) is 127 cm³/mol. The molecular weight excluding hydrogens is 400 g/mol. The van der Waals surface area contributed by atoms with Crippen LogP contribution in [0.5, 0.6) is 0 Å². The lowest BCUT2D eigenvalue weighted by molar-refractivity contribution is -0.127. The average Bonchev–Trinajstić information content (AvgIpc) is 3.19. The van der Waals surface area contributed by atoms with Crippen LogP contribution in [-0.4, -0.2) is 33.2 Å². The van der Waals surface area contributed by atoms with Crippen LogP contribution in [0.3, 0.4) is 0 Å². The Morgan fingerprint density at radius 2 is 1.81 bits per heavy atom. The maximum Gasteiger partial charge on any atom is 0.277 e. The Morgan fingerprint density at radius 3 is 2.41 bits per heavy atom. The van der Waals surface area contributed by atoms with Crippen LogP contribution in [0.4, 0.5) is 5.69 Å². The molecule has 6 nitrogen and oxygen atoms in total. The molecule has 0 spiro atoms. The number of anilines is 1. The van der Waals surface area contributed by atoms with Crippen LogP contribution in [0.1, 0.15) is 88.5 Å². The Hall–Kier alpha value is -2.63. The van der Waals surface area contributed by atoms with E-state index in [2.05, 4.69) is 33.0 Å². The number of benzene rings is 1. The largest absolute Gasteiger partial charge is 0.351 e. The van der Waals surface area contributed by atoms with E-state index in [1.165, 1.54) is 12.0 Å². The summed E-state index contributed by atoms with van der Waals surface area (Å²) in [5, 5.41) is 8.01. The fraction of sp³-hybridized carbons (Fsp3) is 0.577. The summed E-state index contributed by atoms with van der Waals surface area (Å²) in [5.74, 6) is -0.277. The number of nitrogens with zero attached hydrogens (tertiary/aromatic N) is 3. The van der Waals surface area contributed by atoms with E-state index < -0.39 is 5.54 Å². The van der Waals surface area contributed by atoms with E-state index in [1.807, 2.05) is 37.3 Å². The second-order valence-electron chi connectivity index (χ2n) is 10.6. The van der Waals surface area contributed by atoms with E-state index in [1.54, 1.807) is 9.58 Å². The van der Waals surface area contributed by atoms with Crippen molar-refractivity contribution in [3.05, 3.63) is 47.3 Å². The number of fused-ring (bicyclic) bond motifs is 1. The molecule has 32 heavy (non-hydrogen) atoms. The van der Waals surface area contributed by atoms with Crippen LogP contribution < -0.4 is 10.2 Å². The maximum atomic E-state index is 13.8. The molecule has 1 saturated carbocycles. The Kier molecular flexibility index (Phi) is 5.91. The summed E-state index contributed by atoms with van der Waals surface area (Å²) in [6.45, 7) is 10.6. The van der Waals surface area contributed by atoms with Crippen LogP contribution in [0, 0.1) is 0 Å². The number of amides is 2. The van der Waals surface area contributed by atoms with E-state index in [4.69, 9.17) is 5.10 Å². The summed E-state index contributed by atoms with van der Waals surface area (Å²) in [6.07, 6.45) is 6.44. The highest BCUT2D eigenvalue weighted by molar-refractivity contribution is 6.11. The van der Waals surface area contributed by atoms with Gasteiger partial charge in [-0.15, -0.1) is 0 Å². The number of aromatic nitrogens is 2. The van der Waals surface area contributed by atoms with Gasteiger partial charge in [-0.2, -0.15) is 5.10 Å². The molecule has 1 N–H and O–H groups in total. The number of hydrogen-bond donors (Lipinski definition) is 1. The first-order valence-electron chi connectivity index (χ1n) is 12.0. The van der Waals surface area contributed by atoms with Gasteiger partial charge in [-0.05, 0) is 49.9 Å². The molecule has 6 heteroatoms. The van der Waals surface area contributed by atoms with E-state index in [0.717, 1.165) is 43.5 Å². The molecule has 0 bridgehead atoms. The molecular formula is C26H36N4O2. The minimum Gasteiger partial charge on any atom is -0.351 e. The highest BCUT2D eigenvalue weighted by atomic mass is 16.2. The van der Waals surface area contributed by atoms with Crippen LogP contribution >= 0.6 is 0 Å². The number of rotatable bonds is 4. The summed E-state index contributed by atoms with van der Waals surface area (Å²) in [7, 11) is 0. The summed E-state index contributed by atoms with van der Waals surface area (Å²) >= 11 is 0. The quantitative estimate of drug-likeness (QED) is 0.761. The summed E-state index contributed by atoms with van der Waals surface area (Å²) in [6, 6.07) is 10.0. The van der Waals surface area contributed by atoms with Crippen molar-refractivity contribution < 1.29 is 9.59 Å². The van der Waals surface area contributed by atoms with Gasteiger partial charge >= 0.3 is 0 Å². The van der Waals surface area contributed by atoms with Crippen molar-refractivity contribution >= 4 is 17.5 Å². The molecule has 1 aliphatic heterocycles. The highest BCUT2D eigenvalue weighted by Gasteiger charge is 2.49. The lowest BCUT2D eigenvalue weighted by Crippen LogP contribution is -2.65. The van der Waals surface area contributed by atoms with Crippen molar-refractivity contribution in [1.82, 2.24) is 15.1 Å². The van der Waals surface area contributed by atoms with E-state index in [9.17, 15) is 9.59 Å². The van der Waals surface area contributed by atoms with Crippen LogP contribution in [0.15, 0.2) is 30.3 Å². The second-order valence-corrected chi connectivity index (χ2v) is 10.6. The molecule has 0 saturated heterocycles. The van der Waals surface area contributed by atoms with Crippen molar-refractivity contribution in [3.63, 3.8) is 0 Å². The molecule has 172 valence electrons. The Labute approximate surface area is 191 Å². The van der Waals surface area contributed by atoms with Gasteiger partial charge in [0.2, 0.25) is 5.91 Å². The lowest BCUT2D eigenvalue weighted by atomic mass is 9.90. The maximum absolute atomic E-state index is 13.8. The molecule has 1 fully saturated rings. The van der Waals surface area contributed by atoms with Crippen LogP contribution in [0.25, 0.3) is 0 Å². The molecule has 4 rings (SSSR count). The van der Waals surface area contributed by atoms with Crippen LogP contribution in [0.2, 0.25) is 0 Å². The Morgan fingerprint density at radius 1 is 1.16 bits per heavy atom. The van der Waals surface area contributed by atoms with Crippen molar-refractivity contribution in [1.29, 1.82) is 0 Å². The van der Waals surface area contributed by atoms with Gasteiger partial charge < -0.3 is 5.32 Å². The van der Waals surface area contributed by atoms with Gasteiger partial charge in [-0.1, -0.05) is 59.1 Å². The normalized spacial score (nSPS) is 22.0.